The summed E-state index contributed by atoms with van der Waals surface area (Å²) in [5.74, 6) is -2.00. The zero-order valence-corrected chi connectivity index (χ0v) is 18.4. The lowest BCUT2D eigenvalue weighted by atomic mass is 10.0. The predicted molar refractivity (Wildman–Crippen MR) is 118 cm³/mol. The van der Waals surface area contributed by atoms with E-state index in [2.05, 4.69) is 16.0 Å². The zero-order valence-electron chi connectivity index (χ0n) is 18.4. The summed E-state index contributed by atoms with van der Waals surface area (Å²) in [5.41, 5.74) is 0.866. The largest absolute Gasteiger partial charge is 0.345 e. The molecule has 3 aliphatic rings. The van der Waals surface area contributed by atoms with E-state index in [0.717, 1.165) is 5.56 Å². The van der Waals surface area contributed by atoms with Gasteiger partial charge in [-0.05, 0) is 31.2 Å². The molecule has 0 aliphatic carbocycles. The molecule has 3 saturated heterocycles. The van der Waals surface area contributed by atoms with E-state index in [-0.39, 0.29) is 31.3 Å². The molecule has 176 valence electrons. The van der Waals surface area contributed by atoms with Gasteiger partial charge in [-0.25, -0.2) is 0 Å². The second-order valence-corrected chi connectivity index (χ2v) is 8.68. The highest BCUT2D eigenvalue weighted by atomic mass is 16.2. The molecule has 3 fully saturated rings. The average molecular weight is 456 g/mol. The Balaban J connectivity index is 1.59. The highest BCUT2D eigenvalue weighted by Gasteiger charge is 2.39. The van der Waals surface area contributed by atoms with E-state index >= 15 is 0 Å². The van der Waals surface area contributed by atoms with Crippen molar-refractivity contribution in [3.8, 4) is 0 Å². The molecule has 0 aromatic heterocycles. The lowest BCUT2D eigenvalue weighted by Crippen LogP contribution is -2.55. The Morgan fingerprint density at radius 1 is 0.788 bits per heavy atom. The lowest BCUT2D eigenvalue weighted by molar-refractivity contribution is -0.142. The molecule has 0 radical (unpaired) electrons. The maximum atomic E-state index is 13.4. The van der Waals surface area contributed by atoms with Crippen LogP contribution in [0.2, 0.25) is 0 Å². The van der Waals surface area contributed by atoms with Crippen LogP contribution in [0.25, 0.3) is 0 Å². The van der Waals surface area contributed by atoms with Crippen LogP contribution in [0.3, 0.4) is 0 Å². The van der Waals surface area contributed by atoms with Crippen molar-refractivity contribution in [3.05, 3.63) is 35.9 Å². The third-order valence-electron chi connectivity index (χ3n) is 6.47. The Bertz CT molecular complexity index is 936. The van der Waals surface area contributed by atoms with Crippen LogP contribution in [0.1, 0.15) is 31.2 Å². The van der Waals surface area contributed by atoms with Crippen LogP contribution >= 0.6 is 0 Å². The fourth-order valence-electron chi connectivity index (χ4n) is 4.80. The minimum atomic E-state index is -0.875. The smallest absolute Gasteiger partial charge is 0.246 e. The van der Waals surface area contributed by atoms with E-state index in [9.17, 15) is 24.0 Å². The SMILES string of the molecule is O=C1CNC(=O)[C@@H]2CCCN2C(=O)CNC(=O)[C@@H]2CCCN2C(=O)[C@@H](Cc2ccccc2)N1. The summed E-state index contributed by atoms with van der Waals surface area (Å²) < 4.78 is 0. The Morgan fingerprint density at radius 2 is 1.39 bits per heavy atom. The van der Waals surface area contributed by atoms with E-state index in [4.69, 9.17) is 0 Å². The van der Waals surface area contributed by atoms with Gasteiger partial charge in [0.15, 0.2) is 0 Å². The first kappa shape index (κ1) is 22.8. The van der Waals surface area contributed by atoms with Crippen LogP contribution in [-0.4, -0.2) is 83.6 Å². The maximum Gasteiger partial charge on any atom is 0.246 e. The summed E-state index contributed by atoms with van der Waals surface area (Å²) in [7, 11) is 0. The molecule has 1 aromatic rings. The second-order valence-electron chi connectivity index (χ2n) is 8.68. The van der Waals surface area contributed by atoms with Gasteiger partial charge in [-0.15, -0.1) is 0 Å². The van der Waals surface area contributed by atoms with Gasteiger partial charge < -0.3 is 25.8 Å². The summed E-state index contributed by atoms with van der Waals surface area (Å²) in [6.07, 6.45) is 2.59. The predicted octanol–water partition coefficient (Wildman–Crippen LogP) is -1.06. The van der Waals surface area contributed by atoms with Gasteiger partial charge in [0, 0.05) is 19.5 Å². The number of nitrogens with zero attached hydrogens (tertiary/aromatic N) is 2. The lowest BCUT2D eigenvalue weighted by Gasteiger charge is -2.29. The van der Waals surface area contributed by atoms with E-state index in [1.165, 1.54) is 9.80 Å². The van der Waals surface area contributed by atoms with Gasteiger partial charge in [-0.1, -0.05) is 30.3 Å². The average Bonchev–Trinajstić information content (AvgIpc) is 3.50. The Morgan fingerprint density at radius 3 is 2.09 bits per heavy atom. The van der Waals surface area contributed by atoms with Crippen molar-refractivity contribution in [1.82, 2.24) is 25.8 Å². The van der Waals surface area contributed by atoms with Gasteiger partial charge in [-0.3, -0.25) is 24.0 Å². The normalized spacial score (nSPS) is 27.2. The number of benzene rings is 1. The van der Waals surface area contributed by atoms with Crippen LogP contribution in [0, 0.1) is 0 Å². The third-order valence-corrected chi connectivity index (χ3v) is 6.47. The van der Waals surface area contributed by atoms with Gasteiger partial charge in [0.2, 0.25) is 29.5 Å². The van der Waals surface area contributed by atoms with Crippen molar-refractivity contribution in [2.75, 3.05) is 26.2 Å². The molecule has 10 heteroatoms. The topological polar surface area (TPSA) is 128 Å². The zero-order chi connectivity index (χ0) is 23.4. The van der Waals surface area contributed by atoms with Gasteiger partial charge >= 0.3 is 0 Å². The summed E-state index contributed by atoms with van der Waals surface area (Å²) >= 11 is 0. The molecule has 1 aromatic carbocycles. The molecule has 3 N–H and O–H groups in total. The van der Waals surface area contributed by atoms with Crippen molar-refractivity contribution in [2.24, 2.45) is 0 Å². The maximum absolute atomic E-state index is 13.4. The number of fused-ring (bicyclic) bond motifs is 2. The first-order valence-electron chi connectivity index (χ1n) is 11.4. The number of hydrogen-bond donors (Lipinski definition) is 3. The van der Waals surface area contributed by atoms with Crippen LogP contribution < -0.4 is 16.0 Å². The number of carbonyl (C=O) groups is 5. The first-order chi connectivity index (χ1) is 15.9. The molecule has 4 rings (SSSR count). The molecule has 3 atom stereocenters. The fraction of sp³-hybridized carbons (Fsp3) is 0.522. The van der Waals surface area contributed by atoms with Crippen molar-refractivity contribution in [3.63, 3.8) is 0 Å². The van der Waals surface area contributed by atoms with Gasteiger partial charge in [0.05, 0.1) is 13.1 Å². The molecule has 10 nitrogen and oxygen atoms in total. The molecule has 0 bridgehead atoms. The molecule has 0 saturated carbocycles. The summed E-state index contributed by atoms with van der Waals surface area (Å²) in [4.78, 5) is 67.2. The van der Waals surface area contributed by atoms with Crippen molar-refractivity contribution < 1.29 is 24.0 Å². The molecule has 0 spiro atoms. The Hall–Kier alpha value is -3.43. The molecule has 5 amide bonds. The summed E-state index contributed by atoms with van der Waals surface area (Å²) in [5, 5.41) is 7.99. The molecule has 3 heterocycles. The first-order valence-corrected chi connectivity index (χ1v) is 11.4. The summed E-state index contributed by atoms with van der Waals surface area (Å²) in [6, 6.07) is 7.06. The van der Waals surface area contributed by atoms with Gasteiger partial charge in [-0.2, -0.15) is 0 Å². The Kier molecular flexibility index (Phi) is 6.90. The van der Waals surface area contributed by atoms with Gasteiger partial charge in [0.1, 0.15) is 18.1 Å². The van der Waals surface area contributed by atoms with E-state index < -0.39 is 35.8 Å². The van der Waals surface area contributed by atoms with E-state index in [0.29, 0.717) is 38.8 Å². The van der Waals surface area contributed by atoms with Crippen LogP contribution in [0.5, 0.6) is 0 Å². The minimum absolute atomic E-state index is 0.230. The standard InChI is InChI=1S/C23H29N5O5/c29-19-13-24-21(31)17-8-4-10-27(17)20(30)14-25-22(32)18-9-5-11-28(18)23(33)16(26-19)12-15-6-2-1-3-7-15/h1-3,6-7,16-18H,4-5,8-14H2,(H,24,31)(H,25,32)(H,26,29)/t16-,17+,18+/m1/s1. The number of carbonyl (C=O) groups excluding carboxylic acids is 5. The molecular formula is C23H29N5O5. The van der Waals surface area contributed by atoms with Crippen LogP contribution in [-0.2, 0) is 30.4 Å². The molecule has 33 heavy (non-hydrogen) atoms. The number of rotatable bonds is 2. The quantitative estimate of drug-likeness (QED) is 0.524. The van der Waals surface area contributed by atoms with Crippen LogP contribution in [0.15, 0.2) is 30.3 Å². The number of nitrogens with one attached hydrogen (secondary N) is 3. The van der Waals surface area contributed by atoms with Crippen molar-refractivity contribution >= 4 is 29.5 Å². The second kappa shape index (κ2) is 10.0. The number of amides is 5. The van der Waals surface area contributed by atoms with Crippen LogP contribution in [0.4, 0.5) is 0 Å². The monoisotopic (exact) mass is 455 g/mol. The van der Waals surface area contributed by atoms with Crippen molar-refractivity contribution in [2.45, 2.75) is 50.2 Å². The fourth-order valence-corrected chi connectivity index (χ4v) is 4.80. The van der Waals surface area contributed by atoms with E-state index in [1.807, 2.05) is 30.3 Å². The summed E-state index contributed by atoms with van der Waals surface area (Å²) in [6.45, 7) is 0.297. The third kappa shape index (κ3) is 5.15. The van der Waals surface area contributed by atoms with Crippen molar-refractivity contribution in [1.29, 1.82) is 0 Å². The molecule has 0 unspecified atom stereocenters. The Labute approximate surface area is 192 Å². The molecule has 3 aliphatic heterocycles. The van der Waals surface area contributed by atoms with Gasteiger partial charge in [0.25, 0.3) is 0 Å². The highest BCUT2D eigenvalue weighted by molar-refractivity contribution is 5.96. The highest BCUT2D eigenvalue weighted by Crippen LogP contribution is 2.21. The number of hydrogen-bond acceptors (Lipinski definition) is 5. The molecular weight excluding hydrogens is 426 g/mol. The van der Waals surface area contributed by atoms with E-state index in [1.54, 1.807) is 0 Å². The minimum Gasteiger partial charge on any atom is -0.345 e.